The summed E-state index contributed by atoms with van der Waals surface area (Å²) < 4.78 is 11.4. The molecule has 0 aliphatic carbocycles. The molecule has 24 heavy (non-hydrogen) atoms. The number of anilines is 1. The van der Waals surface area contributed by atoms with Gasteiger partial charge < -0.3 is 19.7 Å². The van der Waals surface area contributed by atoms with Gasteiger partial charge in [0.2, 0.25) is 0 Å². The smallest absolute Gasteiger partial charge is 0.256 e. The molecule has 0 unspecified atom stereocenters. The minimum Gasteiger partial charge on any atom is -0.492 e. The lowest BCUT2D eigenvalue weighted by molar-refractivity contribution is -0.139. The normalized spacial score (nSPS) is 13.6. The van der Waals surface area contributed by atoms with Gasteiger partial charge in [0.15, 0.2) is 0 Å². The highest BCUT2D eigenvalue weighted by molar-refractivity contribution is 5.97. The van der Waals surface area contributed by atoms with Crippen LogP contribution in [-0.4, -0.2) is 50.3 Å². The van der Waals surface area contributed by atoms with Crippen LogP contribution < -0.4 is 10.1 Å². The van der Waals surface area contributed by atoms with Gasteiger partial charge in [0.05, 0.1) is 0 Å². The fourth-order valence-corrected chi connectivity index (χ4v) is 2.33. The predicted molar refractivity (Wildman–Crippen MR) is 98.7 cm³/mol. The van der Waals surface area contributed by atoms with Crippen LogP contribution in [0.3, 0.4) is 0 Å². The Bertz CT molecular complexity index is 488. The molecule has 0 bridgehead atoms. The first-order valence-corrected chi connectivity index (χ1v) is 8.74. The fraction of sp³-hybridized carbons (Fsp3) is 0.632. The molecular weight excluding hydrogens is 304 g/mol. The van der Waals surface area contributed by atoms with Gasteiger partial charge in [-0.15, -0.1) is 0 Å². The van der Waals surface area contributed by atoms with Crippen LogP contribution in [0, 0.1) is 0 Å². The van der Waals surface area contributed by atoms with E-state index < -0.39 is 5.60 Å². The largest absolute Gasteiger partial charge is 0.492 e. The first kappa shape index (κ1) is 20.5. The number of rotatable bonds is 11. The van der Waals surface area contributed by atoms with Gasteiger partial charge in [-0.1, -0.05) is 19.8 Å². The number of likely N-dealkylation sites (N-methyl/N-ethyl adjacent to an activating group) is 1. The highest BCUT2D eigenvalue weighted by Crippen LogP contribution is 2.23. The molecule has 1 atom stereocenters. The zero-order valence-electron chi connectivity index (χ0n) is 15.7. The predicted octanol–water partition coefficient (Wildman–Crippen LogP) is 3.55. The van der Waals surface area contributed by atoms with Crippen LogP contribution in [-0.2, 0) is 9.53 Å². The van der Waals surface area contributed by atoms with Crippen molar-refractivity contribution in [2.75, 3.05) is 39.2 Å². The quantitative estimate of drug-likeness (QED) is 0.671. The Morgan fingerprint density at radius 1 is 1.21 bits per heavy atom. The van der Waals surface area contributed by atoms with Crippen molar-refractivity contribution in [3.05, 3.63) is 24.3 Å². The van der Waals surface area contributed by atoms with E-state index in [1.165, 1.54) is 0 Å². The van der Waals surface area contributed by atoms with Crippen LogP contribution in [0.25, 0.3) is 0 Å². The summed E-state index contributed by atoms with van der Waals surface area (Å²) in [5, 5.41) is 2.95. The molecule has 1 N–H and O–H groups in total. The molecule has 136 valence electrons. The van der Waals surface area contributed by atoms with Gasteiger partial charge in [0, 0.05) is 18.8 Å². The van der Waals surface area contributed by atoms with E-state index in [1.807, 2.05) is 52.2 Å². The van der Waals surface area contributed by atoms with E-state index in [2.05, 4.69) is 17.1 Å². The maximum atomic E-state index is 12.6. The van der Waals surface area contributed by atoms with Crippen molar-refractivity contribution in [3.63, 3.8) is 0 Å². The topological polar surface area (TPSA) is 50.8 Å². The number of nitrogens with one attached hydrogen (secondary N) is 1. The average molecular weight is 336 g/mol. The number of hydrogen-bond donors (Lipinski definition) is 1. The molecule has 5 nitrogen and oxygen atoms in total. The summed E-state index contributed by atoms with van der Waals surface area (Å²) in [6, 6.07) is 7.45. The Morgan fingerprint density at radius 2 is 1.88 bits per heavy atom. The van der Waals surface area contributed by atoms with Gasteiger partial charge in [-0.3, -0.25) is 4.79 Å². The average Bonchev–Trinajstić information content (AvgIpc) is 2.54. The van der Waals surface area contributed by atoms with Gasteiger partial charge in [0.1, 0.15) is 18.0 Å². The molecular formula is C19H32N2O3. The molecule has 1 aromatic carbocycles. The van der Waals surface area contributed by atoms with Crippen molar-refractivity contribution in [3.8, 4) is 5.75 Å². The Kier molecular flexibility index (Phi) is 8.79. The number of ether oxygens (including phenoxy) is 2. The van der Waals surface area contributed by atoms with Gasteiger partial charge in [-0.2, -0.15) is 0 Å². The van der Waals surface area contributed by atoms with Crippen LogP contribution in [0.5, 0.6) is 5.75 Å². The summed E-state index contributed by atoms with van der Waals surface area (Å²) in [6.45, 7) is 7.91. The second kappa shape index (κ2) is 10.3. The summed E-state index contributed by atoms with van der Waals surface area (Å²) in [5.41, 5.74) is -0.0339. The fourth-order valence-electron chi connectivity index (χ4n) is 2.33. The third kappa shape index (κ3) is 6.89. The second-order valence-corrected chi connectivity index (χ2v) is 6.40. The SMILES string of the molecule is CCCC[C@@](C)(OCC)C(=O)Nc1ccc(OCCN(C)C)cc1. The molecule has 0 aliphatic heterocycles. The summed E-state index contributed by atoms with van der Waals surface area (Å²) in [5.74, 6) is 0.701. The number of benzene rings is 1. The monoisotopic (exact) mass is 336 g/mol. The van der Waals surface area contributed by atoms with Crippen LogP contribution in [0.4, 0.5) is 5.69 Å². The summed E-state index contributed by atoms with van der Waals surface area (Å²) in [6.07, 6.45) is 2.71. The summed E-state index contributed by atoms with van der Waals surface area (Å²) >= 11 is 0. The number of hydrogen-bond acceptors (Lipinski definition) is 4. The molecule has 5 heteroatoms. The first-order valence-electron chi connectivity index (χ1n) is 8.74. The number of nitrogens with zero attached hydrogens (tertiary/aromatic N) is 1. The molecule has 1 rings (SSSR count). The van der Waals surface area contributed by atoms with Crippen molar-refractivity contribution in [1.29, 1.82) is 0 Å². The molecule has 0 aliphatic rings. The van der Waals surface area contributed by atoms with Crippen LogP contribution in [0.15, 0.2) is 24.3 Å². The Balaban J connectivity index is 2.61. The second-order valence-electron chi connectivity index (χ2n) is 6.40. The third-order valence-corrected chi connectivity index (χ3v) is 3.87. The molecule has 0 saturated heterocycles. The highest BCUT2D eigenvalue weighted by atomic mass is 16.5. The molecule has 0 heterocycles. The number of carbonyl (C=O) groups excluding carboxylic acids is 1. The first-order chi connectivity index (χ1) is 11.4. The molecule has 0 aromatic heterocycles. The van der Waals surface area contributed by atoms with E-state index >= 15 is 0 Å². The molecule has 1 amide bonds. The van der Waals surface area contributed by atoms with Crippen LogP contribution in [0.1, 0.15) is 40.0 Å². The lowest BCUT2D eigenvalue weighted by Gasteiger charge is -2.28. The van der Waals surface area contributed by atoms with E-state index in [9.17, 15) is 4.79 Å². The van der Waals surface area contributed by atoms with E-state index in [0.717, 1.165) is 37.2 Å². The third-order valence-electron chi connectivity index (χ3n) is 3.87. The highest BCUT2D eigenvalue weighted by Gasteiger charge is 2.33. The molecule has 0 saturated carbocycles. The lowest BCUT2D eigenvalue weighted by atomic mass is 9.97. The van der Waals surface area contributed by atoms with Crippen molar-refractivity contribution < 1.29 is 14.3 Å². The maximum Gasteiger partial charge on any atom is 0.256 e. The molecule has 0 fully saturated rings. The van der Waals surface area contributed by atoms with Gasteiger partial charge in [0.25, 0.3) is 5.91 Å². The minimum absolute atomic E-state index is 0.0981. The van der Waals surface area contributed by atoms with Gasteiger partial charge >= 0.3 is 0 Å². The van der Waals surface area contributed by atoms with E-state index in [1.54, 1.807) is 0 Å². The molecule has 0 radical (unpaired) electrons. The van der Waals surface area contributed by atoms with Crippen molar-refractivity contribution in [2.24, 2.45) is 0 Å². The Hall–Kier alpha value is -1.59. The molecule has 0 spiro atoms. The molecule has 1 aromatic rings. The van der Waals surface area contributed by atoms with Gasteiger partial charge in [-0.05, 0) is 58.6 Å². The maximum absolute atomic E-state index is 12.6. The van der Waals surface area contributed by atoms with Crippen molar-refractivity contribution >= 4 is 11.6 Å². The summed E-state index contributed by atoms with van der Waals surface area (Å²) in [7, 11) is 4.02. The standard InChI is InChI=1S/C19H32N2O3/c1-6-8-13-19(3,24-7-2)18(22)20-16-9-11-17(12-10-16)23-15-14-21(4)5/h9-12H,6-8,13-15H2,1-5H3,(H,20,22)/t19-/m1/s1. The van der Waals surface area contributed by atoms with E-state index in [-0.39, 0.29) is 5.91 Å². The lowest BCUT2D eigenvalue weighted by Crippen LogP contribution is -2.42. The number of unbranched alkanes of at least 4 members (excludes halogenated alkanes) is 1. The van der Waals surface area contributed by atoms with Crippen molar-refractivity contribution in [2.45, 2.75) is 45.6 Å². The zero-order valence-corrected chi connectivity index (χ0v) is 15.7. The van der Waals surface area contributed by atoms with Crippen molar-refractivity contribution in [1.82, 2.24) is 4.90 Å². The number of carbonyl (C=O) groups is 1. The van der Waals surface area contributed by atoms with E-state index in [0.29, 0.717) is 13.2 Å². The Morgan fingerprint density at radius 3 is 2.42 bits per heavy atom. The zero-order chi connectivity index (χ0) is 18.0. The van der Waals surface area contributed by atoms with Crippen LogP contribution >= 0.6 is 0 Å². The van der Waals surface area contributed by atoms with E-state index in [4.69, 9.17) is 9.47 Å². The van der Waals surface area contributed by atoms with Gasteiger partial charge in [-0.25, -0.2) is 0 Å². The van der Waals surface area contributed by atoms with Crippen LogP contribution in [0.2, 0.25) is 0 Å². The minimum atomic E-state index is -0.786. The number of amides is 1. The Labute approximate surface area is 146 Å². The summed E-state index contributed by atoms with van der Waals surface area (Å²) in [4.78, 5) is 14.7.